The third kappa shape index (κ3) is 2.56. The minimum absolute atomic E-state index is 0.144. The maximum atomic E-state index is 12.9. The summed E-state index contributed by atoms with van der Waals surface area (Å²) in [7, 11) is -4.09. The lowest BCUT2D eigenvalue weighted by molar-refractivity contribution is 0.568. The fourth-order valence-electron chi connectivity index (χ4n) is 1.12. The summed E-state index contributed by atoms with van der Waals surface area (Å²) in [5.74, 6) is -2.11. The fraction of sp³-hybridized carbons (Fsp3) is 0. The molecule has 0 aliphatic heterocycles. The van der Waals surface area contributed by atoms with Crippen LogP contribution in [0.1, 0.15) is 0 Å². The van der Waals surface area contributed by atoms with Crippen molar-refractivity contribution in [1.29, 1.82) is 0 Å². The van der Waals surface area contributed by atoms with Crippen molar-refractivity contribution in [2.24, 2.45) is 0 Å². The Labute approximate surface area is 94.7 Å². The molecule has 0 aliphatic carbocycles. The number of benzene rings is 1. The lowest BCUT2D eigenvalue weighted by atomic mass is 10.3. The largest absolute Gasteiger partial charge is 0.264 e. The summed E-state index contributed by atoms with van der Waals surface area (Å²) in [4.78, 5) is 2.99. The van der Waals surface area contributed by atoms with E-state index in [0.29, 0.717) is 18.2 Å². The zero-order chi connectivity index (χ0) is 12.5. The minimum atomic E-state index is -4.09. The normalized spacial score (nSPS) is 11.4. The van der Waals surface area contributed by atoms with Crippen LogP contribution in [0.5, 0.6) is 0 Å². The highest BCUT2D eigenvalue weighted by Crippen LogP contribution is 2.15. The molecule has 0 fully saturated rings. The van der Waals surface area contributed by atoms with E-state index >= 15 is 0 Å². The second-order valence-electron chi connectivity index (χ2n) is 3.04. The van der Waals surface area contributed by atoms with Gasteiger partial charge in [-0.1, -0.05) is 0 Å². The van der Waals surface area contributed by atoms with Crippen LogP contribution in [0.4, 0.5) is 14.7 Å². The highest BCUT2D eigenvalue weighted by molar-refractivity contribution is 7.92. The van der Waals surface area contributed by atoms with Gasteiger partial charge in [-0.3, -0.25) is 0 Å². The van der Waals surface area contributed by atoms with E-state index in [1.807, 2.05) is 4.72 Å². The van der Waals surface area contributed by atoms with Gasteiger partial charge < -0.3 is 0 Å². The molecule has 0 bridgehead atoms. The molecule has 0 radical (unpaired) electrons. The highest BCUT2D eigenvalue weighted by atomic mass is 32.2. The lowest BCUT2D eigenvalue weighted by Gasteiger charge is -2.04. The molecule has 1 aromatic heterocycles. The topological polar surface area (TPSA) is 87.7 Å². The molecule has 1 heterocycles. The molecular formula is C8H6F2N4O2S. The maximum Gasteiger partial charge on any atom is 0.264 e. The van der Waals surface area contributed by atoms with Crippen LogP contribution in [0.15, 0.2) is 29.4 Å². The van der Waals surface area contributed by atoms with Gasteiger partial charge in [-0.2, -0.15) is 10.1 Å². The third-order valence-corrected chi connectivity index (χ3v) is 3.11. The molecular weight excluding hydrogens is 254 g/mol. The summed E-state index contributed by atoms with van der Waals surface area (Å²) in [5, 5.41) is 5.68. The first kappa shape index (κ1) is 11.5. The van der Waals surface area contributed by atoms with Crippen LogP contribution in [0, 0.1) is 11.6 Å². The van der Waals surface area contributed by atoms with Gasteiger partial charge in [-0.25, -0.2) is 27.0 Å². The maximum absolute atomic E-state index is 12.9. The summed E-state index contributed by atoms with van der Waals surface area (Å²) in [5.41, 5.74) is 0. The van der Waals surface area contributed by atoms with Gasteiger partial charge in [-0.15, -0.1) is 0 Å². The van der Waals surface area contributed by atoms with Gasteiger partial charge in [-0.05, 0) is 12.1 Å². The van der Waals surface area contributed by atoms with Crippen LogP contribution in [-0.4, -0.2) is 23.6 Å². The van der Waals surface area contributed by atoms with Crippen LogP contribution >= 0.6 is 0 Å². The van der Waals surface area contributed by atoms with Gasteiger partial charge in [0, 0.05) is 6.07 Å². The second-order valence-corrected chi connectivity index (χ2v) is 4.73. The molecule has 2 N–H and O–H groups in total. The number of hydrogen-bond acceptors (Lipinski definition) is 4. The van der Waals surface area contributed by atoms with Crippen molar-refractivity contribution in [2.75, 3.05) is 4.72 Å². The molecule has 1 aromatic carbocycles. The second kappa shape index (κ2) is 4.09. The SMILES string of the molecule is O=S(=O)(Nc1ncn[nH]1)c1cc(F)cc(F)c1. The number of hydrogen-bond donors (Lipinski definition) is 2. The number of aromatic nitrogens is 3. The summed E-state index contributed by atoms with van der Waals surface area (Å²) < 4.78 is 51.1. The zero-order valence-corrected chi connectivity index (χ0v) is 9.00. The van der Waals surface area contributed by atoms with Gasteiger partial charge in [0.1, 0.15) is 18.0 Å². The Morgan fingerprint density at radius 1 is 1.18 bits per heavy atom. The Hall–Kier alpha value is -2.03. The number of anilines is 1. The first-order chi connectivity index (χ1) is 7.97. The van der Waals surface area contributed by atoms with Crippen molar-refractivity contribution in [3.63, 3.8) is 0 Å². The summed E-state index contributed by atoms with van der Waals surface area (Å²) >= 11 is 0. The third-order valence-electron chi connectivity index (χ3n) is 1.79. The number of sulfonamides is 1. The zero-order valence-electron chi connectivity index (χ0n) is 8.18. The van der Waals surface area contributed by atoms with E-state index in [-0.39, 0.29) is 5.95 Å². The highest BCUT2D eigenvalue weighted by Gasteiger charge is 2.17. The number of rotatable bonds is 3. The molecule has 6 nitrogen and oxygen atoms in total. The van der Waals surface area contributed by atoms with Gasteiger partial charge in [0.2, 0.25) is 5.95 Å². The summed E-state index contributed by atoms with van der Waals surface area (Å²) in [6.07, 6.45) is 1.09. The Kier molecular flexibility index (Phi) is 2.76. The number of H-pyrrole nitrogens is 1. The van der Waals surface area contributed by atoms with E-state index in [1.165, 1.54) is 0 Å². The van der Waals surface area contributed by atoms with Crippen molar-refractivity contribution < 1.29 is 17.2 Å². The molecule has 9 heteroatoms. The van der Waals surface area contributed by atoms with E-state index in [1.54, 1.807) is 0 Å². The summed E-state index contributed by atoms with van der Waals surface area (Å²) in [6, 6.07) is 1.97. The van der Waals surface area contributed by atoms with Crippen LogP contribution in [0.3, 0.4) is 0 Å². The first-order valence-electron chi connectivity index (χ1n) is 4.32. The van der Waals surface area contributed by atoms with Crippen LogP contribution in [-0.2, 0) is 10.0 Å². The van der Waals surface area contributed by atoms with Gasteiger partial charge >= 0.3 is 0 Å². The predicted octanol–water partition coefficient (Wildman–Crippen LogP) is 0.884. The van der Waals surface area contributed by atoms with Crippen molar-refractivity contribution >= 4 is 16.0 Å². The van der Waals surface area contributed by atoms with E-state index in [9.17, 15) is 17.2 Å². The number of halogens is 2. The number of aromatic amines is 1. The summed E-state index contributed by atoms with van der Waals surface area (Å²) in [6.45, 7) is 0. The van der Waals surface area contributed by atoms with E-state index in [0.717, 1.165) is 6.33 Å². The molecule has 0 unspecified atom stereocenters. The molecule has 2 rings (SSSR count). The standard InChI is InChI=1S/C8H6F2N4O2S/c9-5-1-6(10)3-7(2-5)17(15,16)14-8-11-4-12-13-8/h1-4H,(H2,11,12,13,14). The Bertz CT molecular complexity index is 607. The van der Waals surface area contributed by atoms with Crippen LogP contribution in [0.25, 0.3) is 0 Å². The molecule has 90 valence electrons. The predicted molar refractivity (Wildman–Crippen MR) is 53.5 cm³/mol. The Morgan fingerprint density at radius 3 is 2.35 bits per heavy atom. The van der Waals surface area contributed by atoms with E-state index in [2.05, 4.69) is 15.2 Å². The molecule has 0 saturated carbocycles. The van der Waals surface area contributed by atoms with Crippen LogP contribution < -0.4 is 4.72 Å². The molecule has 0 atom stereocenters. The van der Waals surface area contributed by atoms with Gasteiger partial charge in [0.05, 0.1) is 4.90 Å². The van der Waals surface area contributed by atoms with Gasteiger partial charge in [0.25, 0.3) is 10.0 Å². The molecule has 2 aromatic rings. The molecule has 0 spiro atoms. The van der Waals surface area contributed by atoms with Crippen molar-refractivity contribution in [2.45, 2.75) is 4.90 Å². The van der Waals surface area contributed by atoms with E-state index in [4.69, 9.17) is 0 Å². The molecule has 17 heavy (non-hydrogen) atoms. The first-order valence-corrected chi connectivity index (χ1v) is 5.80. The van der Waals surface area contributed by atoms with Crippen LogP contribution in [0.2, 0.25) is 0 Å². The Morgan fingerprint density at radius 2 is 1.82 bits per heavy atom. The van der Waals surface area contributed by atoms with Gasteiger partial charge in [0.15, 0.2) is 0 Å². The minimum Gasteiger partial charge on any atom is -0.248 e. The number of nitrogens with zero attached hydrogens (tertiary/aromatic N) is 2. The van der Waals surface area contributed by atoms with Crippen molar-refractivity contribution in [3.8, 4) is 0 Å². The van der Waals surface area contributed by atoms with Crippen molar-refractivity contribution in [3.05, 3.63) is 36.2 Å². The van der Waals surface area contributed by atoms with Crippen molar-refractivity contribution in [1.82, 2.24) is 15.2 Å². The average Bonchev–Trinajstić information content (AvgIpc) is 2.68. The fourth-order valence-corrected chi connectivity index (χ4v) is 2.13. The average molecular weight is 260 g/mol. The monoisotopic (exact) mass is 260 g/mol. The molecule has 0 amide bonds. The van der Waals surface area contributed by atoms with E-state index < -0.39 is 26.6 Å². The lowest BCUT2D eigenvalue weighted by Crippen LogP contribution is -2.14. The Balaban J connectivity index is 2.38. The molecule has 0 saturated heterocycles. The number of nitrogens with one attached hydrogen (secondary N) is 2. The smallest absolute Gasteiger partial charge is 0.248 e. The molecule has 0 aliphatic rings. The quantitative estimate of drug-likeness (QED) is 0.857.